The van der Waals surface area contributed by atoms with E-state index in [1.807, 2.05) is 18.2 Å². The summed E-state index contributed by atoms with van der Waals surface area (Å²) >= 11 is 0. The Morgan fingerprint density at radius 2 is 2.06 bits per heavy atom. The van der Waals surface area contributed by atoms with Gasteiger partial charge in [0.1, 0.15) is 6.61 Å². The first-order chi connectivity index (χ1) is 7.79. The Kier molecular flexibility index (Phi) is 2.98. The van der Waals surface area contributed by atoms with Gasteiger partial charge in [0, 0.05) is 11.9 Å². The molecule has 2 aromatic rings. The maximum absolute atomic E-state index is 10.9. The predicted molar refractivity (Wildman–Crippen MR) is 59.7 cm³/mol. The van der Waals surface area contributed by atoms with E-state index in [-0.39, 0.29) is 0 Å². The van der Waals surface area contributed by atoms with Crippen LogP contribution in [0.5, 0.6) is 0 Å². The summed E-state index contributed by atoms with van der Waals surface area (Å²) in [6.07, 6.45) is 1.68. The molecule has 16 heavy (non-hydrogen) atoms. The zero-order chi connectivity index (χ0) is 11.4. The van der Waals surface area contributed by atoms with Crippen molar-refractivity contribution in [2.45, 2.75) is 0 Å². The average molecular weight is 217 g/mol. The van der Waals surface area contributed by atoms with Gasteiger partial charge in [0.05, 0.1) is 5.69 Å². The van der Waals surface area contributed by atoms with Crippen molar-refractivity contribution in [3.05, 3.63) is 36.5 Å². The lowest BCUT2D eigenvalue weighted by molar-refractivity contribution is -0.118. The van der Waals surface area contributed by atoms with Crippen molar-refractivity contribution in [2.75, 3.05) is 11.9 Å². The van der Waals surface area contributed by atoms with Crippen LogP contribution in [0.2, 0.25) is 0 Å². The molecule has 0 atom stereocenters. The minimum atomic E-state index is -0.512. The molecule has 0 aliphatic heterocycles. The number of nitrogens with one attached hydrogen (secondary N) is 2. The molecule has 0 unspecified atom stereocenters. The molecule has 0 saturated heterocycles. The molecule has 0 aliphatic carbocycles. The van der Waals surface area contributed by atoms with Gasteiger partial charge in [-0.15, -0.1) is 0 Å². The molecule has 0 saturated carbocycles. The van der Waals surface area contributed by atoms with Crippen LogP contribution in [-0.4, -0.2) is 27.8 Å². The fraction of sp³-hybridized carbons (Fsp3) is 0.0909. The Morgan fingerprint density at radius 1 is 1.31 bits per heavy atom. The smallest absolute Gasteiger partial charge is 0.250 e. The van der Waals surface area contributed by atoms with Gasteiger partial charge < -0.3 is 10.4 Å². The average Bonchev–Trinajstić information content (AvgIpc) is 2.83. The third kappa shape index (κ3) is 2.26. The third-order valence-electron chi connectivity index (χ3n) is 2.12. The zero-order valence-corrected chi connectivity index (χ0v) is 8.47. The summed E-state index contributed by atoms with van der Waals surface area (Å²) in [5, 5.41) is 17.8. The largest absolute Gasteiger partial charge is 0.387 e. The number of aliphatic hydroxyl groups excluding tert-OH is 1. The molecule has 5 nitrogen and oxygen atoms in total. The standard InChI is InChI=1S/C11H11N3O2/c15-7-11(16)13-9-3-1-8(2-4-9)10-5-6-12-14-10/h1-6,15H,7H2,(H,12,14)(H,13,16). The van der Waals surface area contributed by atoms with Gasteiger partial charge in [0.15, 0.2) is 0 Å². The van der Waals surface area contributed by atoms with Crippen molar-refractivity contribution in [1.29, 1.82) is 0 Å². The quantitative estimate of drug-likeness (QED) is 0.717. The summed E-state index contributed by atoms with van der Waals surface area (Å²) in [5.74, 6) is -0.422. The summed E-state index contributed by atoms with van der Waals surface area (Å²) in [6.45, 7) is -0.512. The number of H-pyrrole nitrogens is 1. The van der Waals surface area contributed by atoms with Crippen LogP contribution in [0.25, 0.3) is 11.3 Å². The van der Waals surface area contributed by atoms with Gasteiger partial charge in [-0.25, -0.2) is 0 Å². The molecular weight excluding hydrogens is 206 g/mol. The van der Waals surface area contributed by atoms with Gasteiger partial charge in [0.2, 0.25) is 5.91 Å². The van der Waals surface area contributed by atoms with Gasteiger partial charge >= 0.3 is 0 Å². The van der Waals surface area contributed by atoms with Gasteiger partial charge in [-0.3, -0.25) is 9.89 Å². The normalized spacial score (nSPS) is 10.1. The van der Waals surface area contributed by atoms with E-state index < -0.39 is 12.5 Å². The van der Waals surface area contributed by atoms with Crippen molar-refractivity contribution in [3.63, 3.8) is 0 Å². The number of anilines is 1. The monoisotopic (exact) mass is 217 g/mol. The van der Waals surface area contributed by atoms with Gasteiger partial charge in [-0.2, -0.15) is 5.10 Å². The highest BCUT2D eigenvalue weighted by Crippen LogP contribution is 2.18. The molecule has 82 valence electrons. The molecular formula is C11H11N3O2. The SMILES string of the molecule is O=C(CO)Nc1ccc(-c2ccn[nH]2)cc1. The first-order valence-corrected chi connectivity index (χ1v) is 4.80. The Hall–Kier alpha value is -2.14. The van der Waals surface area contributed by atoms with Crippen molar-refractivity contribution in [3.8, 4) is 11.3 Å². The van der Waals surface area contributed by atoms with Gasteiger partial charge in [-0.05, 0) is 23.8 Å². The molecule has 0 bridgehead atoms. The number of aromatic amines is 1. The van der Waals surface area contributed by atoms with Crippen molar-refractivity contribution < 1.29 is 9.90 Å². The van der Waals surface area contributed by atoms with Crippen LogP contribution < -0.4 is 5.32 Å². The highest BCUT2D eigenvalue weighted by atomic mass is 16.3. The number of hydrogen-bond donors (Lipinski definition) is 3. The molecule has 2 rings (SSSR count). The van der Waals surface area contributed by atoms with Crippen molar-refractivity contribution >= 4 is 11.6 Å². The number of hydrogen-bond acceptors (Lipinski definition) is 3. The molecule has 0 aliphatic rings. The Balaban J connectivity index is 2.14. The maximum Gasteiger partial charge on any atom is 0.250 e. The number of nitrogens with zero attached hydrogens (tertiary/aromatic N) is 1. The minimum Gasteiger partial charge on any atom is -0.387 e. The number of aliphatic hydroxyl groups is 1. The van der Waals surface area contributed by atoms with Crippen LogP contribution >= 0.6 is 0 Å². The number of aromatic nitrogens is 2. The second-order valence-electron chi connectivity index (χ2n) is 3.25. The molecule has 0 fully saturated rings. The number of amides is 1. The number of carbonyl (C=O) groups excluding carboxylic acids is 1. The van der Waals surface area contributed by atoms with E-state index >= 15 is 0 Å². The highest BCUT2D eigenvalue weighted by molar-refractivity contribution is 5.91. The molecule has 0 radical (unpaired) electrons. The minimum absolute atomic E-state index is 0.422. The van der Waals surface area contributed by atoms with Crippen LogP contribution in [0.3, 0.4) is 0 Å². The Bertz CT molecular complexity index is 462. The third-order valence-corrected chi connectivity index (χ3v) is 2.12. The second-order valence-corrected chi connectivity index (χ2v) is 3.25. The van der Waals surface area contributed by atoms with Crippen LogP contribution in [0, 0.1) is 0 Å². The summed E-state index contributed by atoms with van der Waals surface area (Å²) in [6, 6.07) is 9.12. The lowest BCUT2D eigenvalue weighted by Crippen LogP contribution is -2.15. The number of rotatable bonds is 3. The topological polar surface area (TPSA) is 78.0 Å². The summed E-state index contributed by atoms with van der Waals surface area (Å²) in [7, 11) is 0. The van der Waals surface area contributed by atoms with Crippen LogP contribution in [0.4, 0.5) is 5.69 Å². The summed E-state index contributed by atoms with van der Waals surface area (Å²) < 4.78 is 0. The van der Waals surface area contributed by atoms with Crippen molar-refractivity contribution in [2.24, 2.45) is 0 Å². The van der Waals surface area contributed by atoms with Gasteiger partial charge in [-0.1, -0.05) is 12.1 Å². The predicted octanol–water partition coefficient (Wildman–Crippen LogP) is 1.01. The van der Waals surface area contributed by atoms with Crippen LogP contribution in [-0.2, 0) is 4.79 Å². The van der Waals surface area contributed by atoms with E-state index in [1.165, 1.54) is 0 Å². The summed E-state index contributed by atoms with van der Waals surface area (Å²) in [4.78, 5) is 10.9. The van der Waals surface area contributed by atoms with E-state index in [1.54, 1.807) is 18.3 Å². The van der Waals surface area contributed by atoms with Crippen LogP contribution in [0.1, 0.15) is 0 Å². The zero-order valence-electron chi connectivity index (χ0n) is 8.47. The first-order valence-electron chi connectivity index (χ1n) is 4.80. The van der Waals surface area contributed by atoms with Crippen molar-refractivity contribution in [1.82, 2.24) is 10.2 Å². The molecule has 1 heterocycles. The van der Waals surface area contributed by atoms with E-state index in [0.717, 1.165) is 11.3 Å². The number of carbonyl (C=O) groups is 1. The lowest BCUT2D eigenvalue weighted by atomic mass is 10.1. The lowest BCUT2D eigenvalue weighted by Gasteiger charge is -2.03. The highest BCUT2D eigenvalue weighted by Gasteiger charge is 2.01. The van der Waals surface area contributed by atoms with Gasteiger partial charge in [0.25, 0.3) is 0 Å². The molecule has 1 aromatic carbocycles. The van der Waals surface area contributed by atoms with Crippen LogP contribution in [0.15, 0.2) is 36.5 Å². The molecule has 1 aromatic heterocycles. The first kappa shape index (κ1) is 10.4. The summed E-state index contributed by atoms with van der Waals surface area (Å²) in [5.41, 5.74) is 2.56. The molecule has 5 heteroatoms. The molecule has 1 amide bonds. The van der Waals surface area contributed by atoms with E-state index in [2.05, 4.69) is 15.5 Å². The maximum atomic E-state index is 10.9. The second kappa shape index (κ2) is 4.59. The van der Waals surface area contributed by atoms with E-state index in [4.69, 9.17) is 5.11 Å². The fourth-order valence-electron chi connectivity index (χ4n) is 1.35. The fourth-order valence-corrected chi connectivity index (χ4v) is 1.35. The Labute approximate surface area is 92.1 Å². The van der Waals surface area contributed by atoms with E-state index in [9.17, 15) is 4.79 Å². The Morgan fingerprint density at radius 3 is 2.62 bits per heavy atom. The van der Waals surface area contributed by atoms with E-state index in [0.29, 0.717) is 5.69 Å². The molecule has 0 spiro atoms. The molecule has 3 N–H and O–H groups in total. The number of benzene rings is 1.